The molecule has 0 bridgehead atoms. The third-order valence-corrected chi connectivity index (χ3v) is 4.20. The molecule has 1 aromatic rings. The van der Waals surface area contributed by atoms with Crippen molar-refractivity contribution in [2.24, 2.45) is 5.73 Å². The van der Waals surface area contributed by atoms with Crippen molar-refractivity contribution in [3.05, 3.63) is 28.7 Å². The zero-order valence-corrected chi connectivity index (χ0v) is 12.8. The summed E-state index contributed by atoms with van der Waals surface area (Å²) in [5.74, 6) is 0.165. The minimum Gasteiger partial charge on any atom is -0.358 e. The van der Waals surface area contributed by atoms with Crippen LogP contribution in [0.3, 0.4) is 0 Å². The SMILES string of the molecule is CN1CCCN(c2ccccc2Br)C(CCN)C1=O. The Morgan fingerprint density at radius 2 is 2.11 bits per heavy atom. The van der Waals surface area contributed by atoms with E-state index in [0.717, 1.165) is 29.7 Å². The zero-order chi connectivity index (χ0) is 13.8. The Labute approximate surface area is 122 Å². The van der Waals surface area contributed by atoms with Crippen LogP contribution in [0, 0.1) is 0 Å². The monoisotopic (exact) mass is 325 g/mol. The molecule has 104 valence electrons. The van der Waals surface area contributed by atoms with Gasteiger partial charge in [-0.25, -0.2) is 0 Å². The van der Waals surface area contributed by atoms with Crippen LogP contribution in [0.15, 0.2) is 28.7 Å². The van der Waals surface area contributed by atoms with Gasteiger partial charge in [-0.15, -0.1) is 0 Å². The molecule has 1 atom stereocenters. The molecule has 2 N–H and O–H groups in total. The van der Waals surface area contributed by atoms with Crippen LogP contribution in [0.5, 0.6) is 0 Å². The number of carbonyl (C=O) groups excluding carboxylic acids is 1. The number of halogens is 1. The van der Waals surface area contributed by atoms with E-state index in [1.807, 2.05) is 36.2 Å². The summed E-state index contributed by atoms with van der Waals surface area (Å²) in [4.78, 5) is 16.4. The fourth-order valence-corrected chi connectivity index (χ4v) is 3.05. The van der Waals surface area contributed by atoms with E-state index in [1.165, 1.54) is 0 Å². The van der Waals surface area contributed by atoms with Crippen LogP contribution in [-0.2, 0) is 4.79 Å². The molecule has 1 heterocycles. The molecule has 2 rings (SSSR count). The summed E-state index contributed by atoms with van der Waals surface area (Å²) in [6, 6.07) is 7.88. The van der Waals surface area contributed by atoms with Crippen molar-refractivity contribution in [1.29, 1.82) is 0 Å². The third-order valence-electron chi connectivity index (χ3n) is 3.53. The zero-order valence-electron chi connectivity index (χ0n) is 11.2. The molecule has 19 heavy (non-hydrogen) atoms. The molecule has 0 saturated carbocycles. The molecule has 5 heteroatoms. The van der Waals surface area contributed by atoms with Crippen molar-refractivity contribution in [2.45, 2.75) is 18.9 Å². The summed E-state index contributed by atoms with van der Waals surface area (Å²) >= 11 is 3.57. The summed E-state index contributed by atoms with van der Waals surface area (Å²) in [7, 11) is 1.87. The minimum atomic E-state index is -0.156. The maximum absolute atomic E-state index is 12.4. The lowest BCUT2D eigenvalue weighted by atomic mass is 10.1. The van der Waals surface area contributed by atoms with Crippen LogP contribution < -0.4 is 10.6 Å². The van der Waals surface area contributed by atoms with Crippen LogP contribution in [0.25, 0.3) is 0 Å². The minimum absolute atomic E-state index is 0.156. The Morgan fingerprint density at radius 1 is 1.37 bits per heavy atom. The molecular formula is C14H20BrN3O. The predicted octanol–water partition coefficient (Wildman–Crippen LogP) is 1.83. The van der Waals surface area contributed by atoms with Crippen molar-refractivity contribution in [3.63, 3.8) is 0 Å². The molecule has 1 fully saturated rings. The highest BCUT2D eigenvalue weighted by molar-refractivity contribution is 9.10. The van der Waals surface area contributed by atoms with E-state index in [4.69, 9.17) is 5.73 Å². The number of nitrogens with two attached hydrogens (primary N) is 1. The molecule has 0 spiro atoms. The number of likely N-dealkylation sites (N-methyl/N-ethyl adjacent to an activating group) is 1. The van der Waals surface area contributed by atoms with Gasteiger partial charge in [0.15, 0.2) is 0 Å². The summed E-state index contributed by atoms with van der Waals surface area (Å²) in [5, 5.41) is 0. The number of hydrogen-bond donors (Lipinski definition) is 1. The molecule has 1 unspecified atom stereocenters. The predicted molar refractivity (Wildman–Crippen MR) is 81.2 cm³/mol. The van der Waals surface area contributed by atoms with Crippen LogP contribution in [0.2, 0.25) is 0 Å². The fourth-order valence-electron chi connectivity index (χ4n) is 2.54. The molecule has 1 aliphatic heterocycles. The number of anilines is 1. The fraction of sp³-hybridized carbons (Fsp3) is 0.500. The van der Waals surface area contributed by atoms with Gasteiger partial charge in [0.05, 0.1) is 5.69 Å². The van der Waals surface area contributed by atoms with Gasteiger partial charge >= 0.3 is 0 Å². The number of rotatable bonds is 3. The standard InChI is InChI=1S/C14H20BrN3O/c1-17-9-4-10-18(13(7-8-16)14(17)19)12-6-3-2-5-11(12)15/h2-3,5-6,13H,4,7-10,16H2,1H3. The lowest BCUT2D eigenvalue weighted by molar-refractivity contribution is -0.130. The maximum atomic E-state index is 12.4. The molecule has 0 aliphatic carbocycles. The first-order valence-electron chi connectivity index (χ1n) is 6.61. The smallest absolute Gasteiger partial charge is 0.245 e. The second kappa shape index (κ2) is 6.39. The van der Waals surface area contributed by atoms with E-state index in [0.29, 0.717) is 13.0 Å². The number of nitrogens with zero attached hydrogens (tertiary/aromatic N) is 2. The molecule has 1 aromatic carbocycles. The van der Waals surface area contributed by atoms with E-state index >= 15 is 0 Å². The molecule has 0 radical (unpaired) electrons. The first-order chi connectivity index (χ1) is 9.15. The first kappa shape index (κ1) is 14.3. The van der Waals surface area contributed by atoms with Gasteiger partial charge in [0.1, 0.15) is 6.04 Å². The molecule has 4 nitrogen and oxygen atoms in total. The molecular weight excluding hydrogens is 306 g/mol. The van der Waals surface area contributed by atoms with E-state index in [1.54, 1.807) is 0 Å². The van der Waals surface area contributed by atoms with Crippen LogP contribution in [0.1, 0.15) is 12.8 Å². The van der Waals surface area contributed by atoms with E-state index < -0.39 is 0 Å². The van der Waals surface area contributed by atoms with Gasteiger partial charge in [0.2, 0.25) is 5.91 Å². The molecule has 1 amide bonds. The highest BCUT2D eigenvalue weighted by Crippen LogP contribution is 2.29. The van der Waals surface area contributed by atoms with Gasteiger partial charge in [0, 0.05) is 24.6 Å². The van der Waals surface area contributed by atoms with Crippen molar-refractivity contribution >= 4 is 27.5 Å². The Kier molecular flexibility index (Phi) is 4.82. The lowest BCUT2D eigenvalue weighted by Gasteiger charge is -2.32. The number of benzene rings is 1. The van der Waals surface area contributed by atoms with Crippen LogP contribution in [0.4, 0.5) is 5.69 Å². The molecule has 0 aromatic heterocycles. The normalized spacial score (nSPS) is 20.6. The largest absolute Gasteiger partial charge is 0.358 e. The van der Waals surface area contributed by atoms with Gasteiger partial charge in [-0.3, -0.25) is 4.79 Å². The number of carbonyl (C=O) groups is 1. The van der Waals surface area contributed by atoms with Crippen molar-refractivity contribution < 1.29 is 4.79 Å². The summed E-state index contributed by atoms with van der Waals surface area (Å²) < 4.78 is 1.02. The Morgan fingerprint density at radius 3 is 2.79 bits per heavy atom. The highest BCUT2D eigenvalue weighted by atomic mass is 79.9. The molecule has 1 saturated heterocycles. The van der Waals surface area contributed by atoms with Crippen molar-refractivity contribution in [2.75, 3.05) is 31.6 Å². The highest BCUT2D eigenvalue weighted by Gasteiger charge is 2.31. The Bertz CT molecular complexity index is 452. The summed E-state index contributed by atoms with van der Waals surface area (Å²) in [5.41, 5.74) is 6.76. The van der Waals surface area contributed by atoms with Gasteiger partial charge in [0.25, 0.3) is 0 Å². The average molecular weight is 326 g/mol. The summed E-state index contributed by atoms with van der Waals surface area (Å²) in [6.07, 6.45) is 1.66. The lowest BCUT2D eigenvalue weighted by Crippen LogP contribution is -2.46. The van der Waals surface area contributed by atoms with E-state index in [9.17, 15) is 4.79 Å². The van der Waals surface area contributed by atoms with Crippen LogP contribution >= 0.6 is 15.9 Å². The van der Waals surface area contributed by atoms with Gasteiger partial charge in [-0.1, -0.05) is 12.1 Å². The van der Waals surface area contributed by atoms with E-state index in [2.05, 4.69) is 20.8 Å². The second-order valence-electron chi connectivity index (χ2n) is 4.85. The second-order valence-corrected chi connectivity index (χ2v) is 5.71. The number of amides is 1. The quantitative estimate of drug-likeness (QED) is 0.922. The molecule has 1 aliphatic rings. The van der Waals surface area contributed by atoms with Gasteiger partial charge in [-0.2, -0.15) is 0 Å². The maximum Gasteiger partial charge on any atom is 0.245 e. The summed E-state index contributed by atoms with van der Waals surface area (Å²) in [6.45, 7) is 2.20. The third kappa shape index (κ3) is 3.09. The number of para-hydroxylation sites is 1. The average Bonchev–Trinajstić information content (AvgIpc) is 2.53. The van der Waals surface area contributed by atoms with E-state index in [-0.39, 0.29) is 11.9 Å². The topological polar surface area (TPSA) is 49.6 Å². The van der Waals surface area contributed by atoms with Crippen LogP contribution in [-0.4, -0.2) is 43.5 Å². The van der Waals surface area contributed by atoms with Gasteiger partial charge < -0.3 is 15.5 Å². The Balaban J connectivity index is 2.35. The first-order valence-corrected chi connectivity index (χ1v) is 7.40. The van der Waals surface area contributed by atoms with Gasteiger partial charge in [-0.05, 0) is 47.4 Å². The van der Waals surface area contributed by atoms with Crippen molar-refractivity contribution in [1.82, 2.24) is 4.90 Å². The van der Waals surface area contributed by atoms with Crippen molar-refractivity contribution in [3.8, 4) is 0 Å². The Hall–Kier alpha value is -1.07. The number of hydrogen-bond acceptors (Lipinski definition) is 3.